The van der Waals surface area contributed by atoms with Gasteiger partial charge in [0.1, 0.15) is 11.7 Å². The van der Waals surface area contributed by atoms with Gasteiger partial charge in [0, 0.05) is 30.7 Å². The molecule has 3 rings (SSSR count). The zero-order chi connectivity index (χ0) is 18.5. The number of aromatic amines is 1. The number of H-pyrrole nitrogens is 1. The molecule has 1 unspecified atom stereocenters. The molecule has 0 spiro atoms. The van der Waals surface area contributed by atoms with Crippen molar-refractivity contribution in [3.05, 3.63) is 60.4 Å². The third kappa shape index (κ3) is 3.64. The maximum atomic E-state index is 12.6. The second-order valence-electron chi connectivity index (χ2n) is 5.33. The molecule has 10 nitrogen and oxygen atoms in total. The predicted molar refractivity (Wildman–Crippen MR) is 89.1 cm³/mol. The number of nitrogens with one attached hydrogen (secondary N) is 2. The molecule has 0 fully saturated rings. The fraction of sp³-hybridized carbons (Fsp3) is 0.125. The summed E-state index contributed by atoms with van der Waals surface area (Å²) in [5.41, 5.74) is 5.88. The minimum Gasteiger partial charge on any atom is -0.365 e. The van der Waals surface area contributed by atoms with Crippen molar-refractivity contribution in [1.29, 1.82) is 0 Å². The highest BCUT2D eigenvalue weighted by Crippen LogP contribution is 2.07. The van der Waals surface area contributed by atoms with E-state index in [0.29, 0.717) is 5.69 Å². The van der Waals surface area contributed by atoms with Gasteiger partial charge in [-0.15, -0.1) is 0 Å². The lowest BCUT2D eigenvalue weighted by molar-refractivity contribution is -0.137. The molecule has 3 aromatic rings. The highest BCUT2D eigenvalue weighted by Gasteiger charge is 2.27. The van der Waals surface area contributed by atoms with Crippen LogP contribution in [0.3, 0.4) is 0 Å². The lowest BCUT2D eigenvalue weighted by Gasteiger charge is -2.16. The van der Waals surface area contributed by atoms with Crippen LogP contribution in [0.15, 0.2) is 49.1 Å². The number of hydrogen-bond acceptors (Lipinski definition) is 6. The van der Waals surface area contributed by atoms with Crippen molar-refractivity contribution in [3.63, 3.8) is 0 Å². The molecule has 10 heteroatoms. The average molecular weight is 353 g/mol. The molecule has 132 valence electrons. The number of nitrogens with zero attached hydrogens (tertiary/aromatic N) is 4. The summed E-state index contributed by atoms with van der Waals surface area (Å²) in [4.78, 5) is 47.0. The Hall–Kier alpha value is -3.82. The number of hydrogen-bond donors (Lipinski definition) is 3. The van der Waals surface area contributed by atoms with Crippen LogP contribution in [0.2, 0.25) is 0 Å². The van der Waals surface area contributed by atoms with E-state index in [9.17, 15) is 14.4 Å². The number of primary amides is 1. The molecule has 0 aliphatic rings. The Labute approximate surface area is 147 Å². The molecule has 0 saturated heterocycles. The fourth-order valence-corrected chi connectivity index (χ4v) is 2.36. The molecular weight excluding hydrogens is 338 g/mol. The van der Waals surface area contributed by atoms with Gasteiger partial charge < -0.3 is 16.0 Å². The topological polar surface area (TPSA) is 149 Å². The number of carbonyl (C=O) groups excluding carboxylic acids is 3. The number of amides is 2. The van der Waals surface area contributed by atoms with Gasteiger partial charge in [-0.1, -0.05) is 0 Å². The summed E-state index contributed by atoms with van der Waals surface area (Å²) in [5, 5.41) is 6.54. The number of Topliss-reactive ketones (excluding diaryl/α,β-unsaturated/α-hetero) is 1. The molecule has 0 saturated carbocycles. The van der Waals surface area contributed by atoms with Crippen LogP contribution < -0.4 is 11.1 Å². The lowest BCUT2D eigenvalue weighted by atomic mass is 10.1. The van der Waals surface area contributed by atoms with Gasteiger partial charge in [-0.2, -0.15) is 9.78 Å². The minimum absolute atomic E-state index is 0.0937. The number of nitrogens with two attached hydrogens (primary N) is 1. The van der Waals surface area contributed by atoms with E-state index in [4.69, 9.17) is 5.73 Å². The second kappa shape index (κ2) is 7.38. The van der Waals surface area contributed by atoms with E-state index in [2.05, 4.69) is 25.4 Å². The zero-order valence-corrected chi connectivity index (χ0v) is 13.5. The third-order valence-corrected chi connectivity index (χ3v) is 3.57. The quantitative estimate of drug-likeness (QED) is 0.482. The van der Waals surface area contributed by atoms with Crippen LogP contribution in [0.4, 0.5) is 0 Å². The van der Waals surface area contributed by atoms with Crippen LogP contribution >= 0.6 is 0 Å². The molecular formula is C16H15N7O3. The SMILES string of the molecule is NC(=O)C(=O)C(Cc1ccc[nH]1)NC(=O)c1ccnn1-c1ncccn1. The number of ketones is 1. The van der Waals surface area contributed by atoms with Gasteiger partial charge in [-0.3, -0.25) is 14.4 Å². The lowest BCUT2D eigenvalue weighted by Crippen LogP contribution is -2.47. The first-order chi connectivity index (χ1) is 12.6. The smallest absolute Gasteiger partial charge is 0.287 e. The third-order valence-electron chi connectivity index (χ3n) is 3.57. The minimum atomic E-state index is -1.12. The van der Waals surface area contributed by atoms with Crippen LogP contribution in [0.5, 0.6) is 0 Å². The Morgan fingerprint density at radius 3 is 2.58 bits per heavy atom. The fourth-order valence-electron chi connectivity index (χ4n) is 2.36. The van der Waals surface area contributed by atoms with E-state index in [-0.39, 0.29) is 18.1 Å². The summed E-state index contributed by atoms with van der Waals surface area (Å²) in [5.74, 6) is -2.43. The number of rotatable bonds is 7. The summed E-state index contributed by atoms with van der Waals surface area (Å²) in [6, 6.07) is 5.44. The molecule has 0 aliphatic heterocycles. The predicted octanol–water partition coefficient (Wildman–Crippen LogP) is -0.614. The van der Waals surface area contributed by atoms with Crippen LogP contribution in [-0.4, -0.2) is 48.4 Å². The summed E-state index contributed by atoms with van der Waals surface area (Å²) in [7, 11) is 0. The van der Waals surface area contributed by atoms with Gasteiger partial charge in [-0.25, -0.2) is 9.97 Å². The first-order valence-corrected chi connectivity index (χ1v) is 7.64. The maximum absolute atomic E-state index is 12.6. The molecule has 0 bridgehead atoms. The monoisotopic (exact) mass is 353 g/mol. The summed E-state index contributed by atoms with van der Waals surface area (Å²) in [6.45, 7) is 0. The van der Waals surface area contributed by atoms with E-state index in [1.165, 1.54) is 29.3 Å². The summed E-state index contributed by atoms with van der Waals surface area (Å²) >= 11 is 0. The normalized spacial score (nSPS) is 11.7. The van der Waals surface area contributed by atoms with Gasteiger partial charge >= 0.3 is 0 Å². The molecule has 4 N–H and O–H groups in total. The second-order valence-corrected chi connectivity index (χ2v) is 5.33. The molecule has 1 atom stereocenters. The Balaban J connectivity index is 1.83. The van der Waals surface area contributed by atoms with Crippen molar-refractivity contribution >= 4 is 17.6 Å². The molecule has 3 heterocycles. The van der Waals surface area contributed by atoms with Gasteiger partial charge in [0.25, 0.3) is 17.8 Å². The van der Waals surface area contributed by atoms with Crippen molar-refractivity contribution in [2.24, 2.45) is 5.73 Å². The highest BCUT2D eigenvalue weighted by molar-refractivity contribution is 6.38. The molecule has 2 amide bonds. The molecule has 3 aromatic heterocycles. The Morgan fingerprint density at radius 2 is 1.92 bits per heavy atom. The first-order valence-electron chi connectivity index (χ1n) is 7.64. The van der Waals surface area contributed by atoms with E-state index in [1.54, 1.807) is 24.4 Å². The summed E-state index contributed by atoms with van der Waals surface area (Å²) < 4.78 is 1.23. The van der Waals surface area contributed by atoms with Crippen molar-refractivity contribution in [2.45, 2.75) is 12.5 Å². The maximum Gasteiger partial charge on any atom is 0.287 e. The summed E-state index contributed by atoms with van der Waals surface area (Å²) in [6.07, 6.45) is 6.19. The first kappa shape index (κ1) is 17.0. The van der Waals surface area contributed by atoms with Crippen LogP contribution in [0, 0.1) is 0 Å². The highest BCUT2D eigenvalue weighted by atomic mass is 16.2. The van der Waals surface area contributed by atoms with Crippen molar-refractivity contribution in [1.82, 2.24) is 30.0 Å². The number of carbonyl (C=O) groups is 3. The molecule has 0 radical (unpaired) electrons. The Kier molecular flexibility index (Phi) is 4.83. The molecule has 0 aromatic carbocycles. The van der Waals surface area contributed by atoms with Crippen molar-refractivity contribution in [2.75, 3.05) is 0 Å². The van der Waals surface area contributed by atoms with Gasteiger partial charge in [0.05, 0.1) is 6.20 Å². The van der Waals surface area contributed by atoms with E-state index in [0.717, 1.165) is 0 Å². The van der Waals surface area contributed by atoms with Gasteiger partial charge in [-0.05, 0) is 24.3 Å². The van der Waals surface area contributed by atoms with E-state index >= 15 is 0 Å². The molecule has 0 aliphatic carbocycles. The van der Waals surface area contributed by atoms with Crippen LogP contribution in [-0.2, 0) is 16.0 Å². The van der Waals surface area contributed by atoms with Gasteiger partial charge in [0.2, 0.25) is 5.78 Å². The van der Waals surface area contributed by atoms with E-state index < -0.39 is 23.6 Å². The van der Waals surface area contributed by atoms with Crippen molar-refractivity contribution < 1.29 is 14.4 Å². The largest absolute Gasteiger partial charge is 0.365 e. The average Bonchev–Trinajstić information content (AvgIpc) is 3.32. The van der Waals surface area contributed by atoms with Crippen LogP contribution in [0.25, 0.3) is 5.95 Å². The molecule has 26 heavy (non-hydrogen) atoms. The standard InChI is InChI=1S/C16H15N7O3/c17-14(25)13(24)11(9-10-3-1-5-18-10)22-15(26)12-4-8-21-23(12)16-19-6-2-7-20-16/h1-8,11,18H,9H2,(H2,17,25)(H,22,26). The number of aromatic nitrogens is 5. The zero-order valence-electron chi connectivity index (χ0n) is 13.5. The van der Waals surface area contributed by atoms with Crippen LogP contribution in [0.1, 0.15) is 16.2 Å². The van der Waals surface area contributed by atoms with Crippen molar-refractivity contribution in [3.8, 4) is 5.95 Å². The Bertz CT molecular complexity index is 918. The Morgan fingerprint density at radius 1 is 1.15 bits per heavy atom. The van der Waals surface area contributed by atoms with Gasteiger partial charge in [0.15, 0.2) is 0 Å². The van der Waals surface area contributed by atoms with E-state index in [1.807, 2.05) is 0 Å².